The molecule has 18 heavy (non-hydrogen) atoms. The average molecular weight is 249 g/mol. The van der Waals surface area contributed by atoms with Crippen molar-refractivity contribution in [1.82, 2.24) is 4.90 Å². The zero-order valence-electron chi connectivity index (χ0n) is 9.89. The lowest BCUT2D eigenvalue weighted by molar-refractivity contribution is 0.0660. The molecule has 1 aromatic rings. The molecule has 0 aromatic heterocycles. The molecule has 2 amide bonds. The zero-order chi connectivity index (χ0) is 13.4. The smallest absolute Gasteiger partial charge is 0.339 e. The number of benzene rings is 1. The Morgan fingerprint density at radius 1 is 1.33 bits per heavy atom. The molecule has 0 fully saturated rings. The second-order valence-electron chi connectivity index (χ2n) is 3.73. The van der Waals surface area contributed by atoms with Crippen LogP contribution < -0.4 is 4.74 Å². The minimum Gasteiger partial charge on any atom is -0.495 e. The van der Waals surface area contributed by atoms with Crippen molar-refractivity contribution in [2.45, 2.75) is 6.92 Å². The fraction of sp³-hybridized carbons (Fsp3) is 0.250. The summed E-state index contributed by atoms with van der Waals surface area (Å²) in [5, 5.41) is 9.01. The molecule has 0 unspecified atom stereocenters. The summed E-state index contributed by atoms with van der Waals surface area (Å²) >= 11 is 0. The highest BCUT2D eigenvalue weighted by Crippen LogP contribution is 2.33. The van der Waals surface area contributed by atoms with Gasteiger partial charge < -0.3 is 9.84 Å². The van der Waals surface area contributed by atoms with E-state index in [9.17, 15) is 14.4 Å². The third-order valence-electron chi connectivity index (χ3n) is 2.84. The standard InChI is InChI=1S/C12H11NO5/c1-3-13-10(14)6-4-5-7(12(16)17)9(18-2)8(6)11(13)15/h4-5H,3H2,1-2H3,(H,16,17). The van der Waals surface area contributed by atoms with Gasteiger partial charge in [0.15, 0.2) is 0 Å². The number of aromatic carboxylic acids is 1. The van der Waals surface area contributed by atoms with Crippen LogP contribution in [0.4, 0.5) is 0 Å². The van der Waals surface area contributed by atoms with Crippen LogP contribution in [0, 0.1) is 0 Å². The molecule has 0 saturated carbocycles. The normalized spacial score (nSPS) is 13.8. The van der Waals surface area contributed by atoms with Gasteiger partial charge in [-0.1, -0.05) is 0 Å². The number of carboxylic acid groups (broad SMARTS) is 1. The minimum absolute atomic E-state index is 0.0317. The van der Waals surface area contributed by atoms with Crippen LogP contribution >= 0.6 is 0 Å². The summed E-state index contributed by atoms with van der Waals surface area (Å²) in [6.07, 6.45) is 0. The predicted octanol–water partition coefficient (Wildman–Crippen LogP) is 1.01. The van der Waals surface area contributed by atoms with Crippen LogP contribution in [-0.4, -0.2) is 41.4 Å². The van der Waals surface area contributed by atoms with Crippen molar-refractivity contribution in [3.05, 3.63) is 28.8 Å². The molecule has 1 heterocycles. The lowest BCUT2D eigenvalue weighted by Gasteiger charge is -2.10. The van der Waals surface area contributed by atoms with Crippen molar-refractivity contribution >= 4 is 17.8 Å². The minimum atomic E-state index is -1.20. The van der Waals surface area contributed by atoms with E-state index >= 15 is 0 Å². The van der Waals surface area contributed by atoms with E-state index in [0.29, 0.717) is 0 Å². The summed E-state index contributed by atoms with van der Waals surface area (Å²) in [6.45, 7) is 1.91. The van der Waals surface area contributed by atoms with Gasteiger partial charge >= 0.3 is 5.97 Å². The Bertz CT molecular complexity index is 564. The molecule has 0 radical (unpaired) electrons. The number of amides is 2. The van der Waals surface area contributed by atoms with Gasteiger partial charge in [0.1, 0.15) is 11.3 Å². The van der Waals surface area contributed by atoms with E-state index in [1.54, 1.807) is 6.92 Å². The number of nitrogens with zero attached hydrogens (tertiary/aromatic N) is 1. The fourth-order valence-corrected chi connectivity index (χ4v) is 2.01. The van der Waals surface area contributed by atoms with E-state index < -0.39 is 17.8 Å². The maximum Gasteiger partial charge on any atom is 0.339 e. The Hall–Kier alpha value is -2.37. The highest BCUT2D eigenvalue weighted by atomic mass is 16.5. The van der Waals surface area contributed by atoms with E-state index in [0.717, 1.165) is 4.90 Å². The van der Waals surface area contributed by atoms with Gasteiger partial charge in [0, 0.05) is 6.54 Å². The number of fused-ring (bicyclic) bond motifs is 1. The van der Waals surface area contributed by atoms with Crippen LogP contribution in [0.1, 0.15) is 38.0 Å². The van der Waals surface area contributed by atoms with E-state index in [1.807, 2.05) is 0 Å². The van der Waals surface area contributed by atoms with Crippen molar-refractivity contribution in [3.63, 3.8) is 0 Å². The van der Waals surface area contributed by atoms with Gasteiger partial charge in [-0.2, -0.15) is 0 Å². The van der Waals surface area contributed by atoms with Crippen LogP contribution in [0.15, 0.2) is 12.1 Å². The number of rotatable bonds is 3. The van der Waals surface area contributed by atoms with Gasteiger partial charge in [-0.05, 0) is 19.1 Å². The van der Waals surface area contributed by atoms with E-state index in [-0.39, 0.29) is 29.0 Å². The maximum atomic E-state index is 12.0. The largest absolute Gasteiger partial charge is 0.495 e. The van der Waals surface area contributed by atoms with E-state index in [2.05, 4.69) is 0 Å². The molecule has 0 aliphatic carbocycles. The Labute approximate surface area is 103 Å². The van der Waals surface area contributed by atoms with E-state index in [1.165, 1.54) is 19.2 Å². The SMILES string of the molecule is CCN1C(=O)c2ccc(C(=O)O)c(OC)c2C1=O. The Morgan fingerprint density at radius 3 is 2.50 bits per heavy atom. The first kappa shape index (κ1) is 12.1. The molecule has 1 aromatic carbocycles. The molecule has 0 spiro atoms. The van der Waals surface area contributed by atoms with Crippen LogP contribution in [0.2, 0.25) is 0 Å². The molecule has 0 atom stereocenters. The van der Waals surface area contributed by atoms with Crippen molar-refractivity contribution in [1.29, 1.82) is 0 Å². The predicted molar refractivity (Wildman–Crippen MR) is 61.0 cm³/mol. The molecule has 1 aliphatic rings. The highest BCUT2D eigenvalue weighted by molar-refractivity contribution is 6.23. The lowest BCUT2D eigenvalue weighted by Crippen LogP contribution is -2.29. The van der Waals surface area contributed by atoms with Gasteiger partial charge in [0.25, 0.3) is 11.8 Å². The number of hydrogen-bond donors (Lipinski definition) is 1. The number of carbonyl (C=O) groups excluding carboxylic acids is 2. The average Bonchev–Trinajstić information content (AvgIpc) is 2.60. The number of hydrogen-bond acceptors (Lipinski definition) is 4. The summed E-state index contributed by atoms with van der Waals surface area (Å²) in [5.41, 5.74) is 0.0864. The first-order chi connectivity index (χ1) is 8.52. The van der Waals surface area contributed by atoms with Crippen LogP contribution in [-0.2, 0) is 0 Å². The van der Waals surface area contributed by atoms with Crippen LogP contribution in [0.25, 0.3) is 0 Å². The topological polar surface area (TPSA) is 83.9 Å². The molecule has 94 valence electrons. The van der Waals surface area contributed by atoms with Crippen LogP contribution in [0.5, 0.6) is 5.75 Å². The molecular weight excluding hydrogens is 238 g/mol. The summed E-state index contributed by atoms with van der Waals surface area (Å²) in [6, 6.07) is 2.61. The number of imide groups is 1. The van der Waals surface area contributed by atoms with E-state index in [4.69, 9.17) is 9.84 Å². The molecule has 2 rings (SSSR count). The molecule has 0 saturated heterocycles. The van der Waals surface area contributed by atoms with Crippen molar-refractivity contribution in [3.8, 4) is 5.75 Å². The Balaban J connectivity index is 2.71. The van der Waals surface area contributed by atoms with Gasteiger partial charge in [-0.3, -0.25) is 14.5 Å². The second kappa shape index (κ2) is 4.14. The Morgan fingerprint density at radius 2 is 2.00 bits per heavy atom. The van der Waals surface area contributed by atoms with Crippen LogP contribution in [0.3, 0.4) is 0 Å². The quantitative estimate of drug-likeness (QED) is 0.808. The molecular formula is C12H11NO5. The van der Waals surface area contributed by atoms with Gasteiger partial charge in [-0.25, -0.2) is 4.79 Å². The molecule has 6 heteroatoms. The van der Waals surface area contributed by atoms with Gasteiger partial charge in [0.05, 0.1) is 18.2 Å². The monoisotopic (exact) mass is 249 g/mol. The first-order valence-corrected chi connectivity index (χ1v) is 5.33. The maximum absolute atomic E-state index is 12.0. The molecule has 1 aliphatic heterocycles. The van der Waals surface area contributed by atoms with Crippen molar-refractivity contribution < 1.29 is 24.2 Å². The van der Waals surface area contributed by atoms with Gasteiger partial charge in [0.2, 0.25) is 0 Å². The van der Waals surface area contributed by atoms with Crippen molar-refractivity contribution in [2.75, 3.05) is 13.7 Å². The fourth-order valence-electron chi connectivity index (χ4n) is 2.01. The number of ether oxygens (including phenoxy) is 1. The lowest BCUT2D eigenvalue weighted by atomic mass is 10.0. The summed E-state index contributed by atoms with van der Waals surface area (Å²) in [5.74, 6) is -2.20. The third kappa shape index (κ3) is 1.46. The third-order valence-corrected chi connectivity index (χ3v) is 2.84. The number of carbonyl (C=O) groups is 3. The summed E-state index contributed by atoms with van der Waals surface area (Å²) in [7, 11) is 1.27. The van der Waals surface area contributed by atoms with Crippen molar-refractivity contribution in [2.24, 2.45) is 0 Å². The molecule has 6 nitrogen and oxygen atoms in total. The zero-order valence-corrected chi connectivity index (χ0v) is 9.89. The molecule has 0 bridgehead atoms. The number of methoxy groups -OCH3 is 1. The highest BCUT2D eigenvalue weighted by Gasteiger charge is 2.38. The molecule has 1 N–H and O–H groups in total. The van der Waals surface area contributed by atoms with Gasteiger partial charge in [-0.15, -0.1) is 0 Å². The second-order valence-corrected chi connectivity index (χ2v) is 3.73. The summed E-state index contributed by atoms with van der Waals surface area (Å²) < 4.78 is 4.98. The number of carboxylic acids is 1. The first-order valence-electron chi connectivity index (χ1n) is 5.33. The summed E-state index contributed by atoms with van der Waals surface area (Å²) in [4.78, 5) is 36.0. The Kier molecular flexibility index (Phi) is 2.78.